The molecule has 8 heteroatoms. The summed E-state index contributed by atoms with van der Waals surface area (Å²) >= 11 is 5.45. The van der Waals surface area contributed by atoms with Gasteiger partial charge in [0.25, 0.3) is 0 Å². The van der Waals surface area contributed by atoms with Crippen molar-refractivity contribution >= 4 is 17.5 Å². The Balaban J connectivity index is 2.19. The van der Waals surface area contributed by atoms with Crippen LogP contribution in [-0.4, -0.2) is 16.5 Å². The minimum atomic E-state index is -4.54. The molecule has 0 bridgehead atoms. The van der Waals surface area contributed by atoms with Crippen LogP contribution < -0.4 is 10.6 Å². The third-order valence-corrected chi connectivity index (χ3v) is 2.39. The van der Waals surface area contributed by atoms with Gasteiger partial charge in [-0.05, 0) is 12.5 Å². The second-order valence-electron chi connectivity index (χ2n) is 3.35. The van der Waals surface area contributed by atoms with E-state index in [0.29, 0.717) is 12.0 Å². The Bertz CT molecular complexity index is 458. The Morgan fingerprint density at radius 3 is 2.71 bits per heavy atom. The summed E-state index contributed by atoms with van der Waals surface area (Å²) in [7, 11) is 0. The first-order valence-corrected chi connectivity index (χ1v) is 5.15. The number of hydrogen-bond acceptors (Lipinski definition) is 4. The third-order valence-electron chi connectivity index (χ3n) is 2.10. The van der Waals surface area contributed by atoms with E-state index in [-0.39, 0.29) is 5.95 Å². The van der Waals surface area contributed by atoms with E-state index in [4.69, 9.17) is 11.6 Å². The molecule has 0 spiro atoms. The summed E-state index contributed by atoms with van der Waals surface area (Å²) in [6, 6.07) is 0. The van der Waals surface area contributed by atoms with E-state index in [2.05, 4.69) is 20.6 Å². The zero-order valence-electron chi connectivity index (χ0n) is 8.48. The van der Waals surface area contributed by atoms with Crippen LogP contribution in [0.3, 0.4) is 0 Å². The summed E-state index contributed by atoms with van der Waals surface area (Å²) in [6.45, 7) is 0.775. The van der Waals surface area contributed by atoms with Crippen molar-refractivity contribution < 1.29 is 13.2 Å². The van der Waals surface area contributed by atoms with Gasteiger partial charge in [-0.3, -0.25) is 0 Å². The molecule has 1 aromatic heterocycles. The van der Waals surface area contributed by atoms with Gasteiger partial charge in [-0.25, -0.2) is 9.97 Å². The van der Waals surface area contributed by atoms with Crippen LogP contribution in [0.15, 0.2) is 18.1 Å². The maximum atomic E-state index is 12.4. The molecule has 2 rings (SSSR count). The fourth-order valence-electron chi connectivity index (χ4n) is 1.32. The molecule has 0 fully saturated rings. The van der Waals surface area contributed by atoms with Gasteiger partial charge in [-0.2, -0.15) is 13.2 Å². The number of nitrogens with one attached hydrogen (secondary N) is 2. The van der Waals surface area contributed by atoms with Gasteiger partial charge in [0, 0.05) is 12.7 Å². The number of halogens is 4. The average molecular weight is 265 g/mol. The van der Waals surface area contributed by atoms with Gasteiger partial charge >= 0.3 is 6.18 Å². The fraction of sp³-hybridized carbons (Fsp3) is 0.333. The molecule has 1 aliphatic heterocycles. The lowest BCUT2D eigenvalue weighted by atomic mass is 10.3. The lowest BCUT2D eigenvalue weighted by Crippen LogP contribution is -2.17. The lowest BCUT2D eigenvalue weighted by molar-refractivity contribution is -0.137. The molecular weight excluding hydrogens is 257 g/mol. The van der Waals surface area contributed by atoms with Gasteiger partial charge in [0.1, 0.15) is 16.5 Å². The Kier molecular flexibility index (Phi) is 3.10. The van der Waals surface area contributed by atoms with Crippen molar-refractivity contribution in [2.75, 3.05) is 11.9 Å². The van der Waals surface area contributed by atoms with E-state index in [0.717, 1.165) is 13.0 Å². The first-order valence-electron chi connectivity index (χ1n) is 4.77. The van der Waals surface area contributed by atoms with Crippen LogP contribution in [0.5, 0.6) is 0 Å². The Labute approximate surface area is 99.9 Å². The van der Waals surface area contributed by atoms with Gasteiger partial charge in [0.2, 0.25) is 5.95 Å². The summed E-state index contributed by atoms with van der Waals surface area (Å²) in [5, 5.41) is 5.09. The van der Waals surface area contributed by atoms with Crippen LogP contribution in [0.1, 0.15) is 12.0 Å². The fourth-order valence-corrected chi connectivity index (χ4v) is 1.56. The summed E-state index contributed by atoms with van der Waals surface area (Å²) in [5.41, 5.74) is -1.04. The van der Waals surface area contributed by atoms with E-state index in [1.54, 1.807) is 0 Å². The van der Waals surface area contributed by atoms with Crippen molar-refractivity contribution in [2.45, 2.75) is 12.6 Å². The molecule has 17 heavy (non-hydrogen) atoms. The van der Waals surface area contributed by atoms with Crippen LogP contribution in [0.2, 0.25) is 5.15 Å². The molecule has 1 aliphatic rings. The SMILES string of the molecule is FC(F)(F)c1cnc(NC2=CCCN2)nc1Cl. The molecule has 2 N–H and O–H groups in total. The first-order chi connectivity index (χ1) is 7.97. The van der Waals surface area contributed by atoms with Crippen LogP contribution in [0, 0.1) is 0 Å². The third kappa shape index (κ3) is 2.79. The molecule has 0 aliphatic carbocycles. The number of nitrogens with zero attached hydrogens (tertiary/aromatic N) is 2. The molecule has 1 aromatic rings. The quantitative estimate of drug-likeness (QED) is 0.806. The summed E-state index contributed by atoms with van der Waals surface area (Å²) in [6.07, 6.45) is -1.18. The molecule has 0 atom stereocenters. The lowest BCUT2D eigenvalue weighted by Gasteiger charge is -2.10. The minimum absolute atomic E-state index is 0.0312. The Morgan fingerprint density at radius 2 is 2.18 bits per heavy atom. The molecule has 0 radical (unpaired) electrons. The molecule has 0 amide bonds. The predicted molar refractivity (Wildman–Crippen MR) is 56.4 cm³/mol. The van der Waals surface area contributed by atoms with Crippen LogP contribution >= 0.6 is 11.6 Å². The number of hydrogen-bond donors (Lipinski definition) is 2. The van der Waals surface area contributed by atoms with Crippen molar-refractivity contribution in [3.05, 3.63) is 28.8 Å². The number of aromatic nitrogens is 2. The maximum absolute atomic E-state index is 12.4. The van der Waals surface area contributed by atoms with Gasteiger partial charge in [0.05, 0.1) is 0 Å². The van der Waals surface area contributed by atoms with Gasteiger partial charge in [-0.1, -0.05) is 11.6 Å². The molecule has 0 saturated heterocycles. The van der Waals surface area contributed by atoms with Crippen LogP contribution in [-0.2, 0) is 6.18 Å². The highest BCUT2D eigenvalue weighted by atomic mass is 35.5. The highest BCUT2D eigenvalue weighted by Gasteiger charge is 2.34. The van der Waals surface area contributed by atoms with E-state index in [9.17, 15) is 13.2 Å². The summed E-state index contributed by atoms with van der Waals surface area (Å²) < 4.78 is 37.1. The molecule has 2 heterocycles. The monoisotopic (exact) mass is 264 g/mol. The second-order valence-corrected chi connectivity index (χ2v) is 3.71. The molecule has 0 saturated carbocycles. The summed E-state index contributed by atoms with van der Waals surface area (Å²) in [5.74, 6) is 0.699. The zero-order valence-corrected chi connectivity index (χ0v) is 9.23. The standard InChI is InChI=1S/C9H8ClF3N4/c10-7-5(9(11,12)13)4-15-8(17-7)16-6-2-1-3-14-6/h2,4,14H,1,3H2,(H,15,16,17). The number of anilines is 1. The topological polar surface area (TPSA) is 49.8 Å². The highest BCUT2D eigenvalue weighted by Crippen LogP contribution is 2.33. The normalized spacial score (nSPS) is 15.4. The van der Waals surface area contributed by atoms with E-state index in [1.165, 1.54) is 0 Å². The minimum Gasteiger partial charge on any atom is -0.372 e. The van der Waals surface area contributed by atoms with Crippen molar-refractivity contribution in [2.24, 2.45) is 0 Å². The largest absolute Gasteiger partial charge is 0.420 e. The van der Waals surface area contributed by atoms with Crippen molar-refractivity contribution in [1.82, 2.24) is 15.3 Å². The zero-order chi connectivity index (χ0) is 12.5. The van der Waals surface area contributed by atoms with E-state index >= 15 is 0 Å². The van der Waals surface area contributed by atoms with Crippen molar-refractivity contribution in [3.63, 3.8) is 0 Å². The van der Waals surface area contributed by atoms with Crippen molar-refractivity contribution in [3.8, 4) is 0 Å². The molecule has 0 aromatic carbocycles. The average Bonchev–Trinajstić information content (AvgIpc) is 2.68. The first kappa shape index (κ1) is 12.0. The van der Waals surface area contributed by atoms with Crippen LogP contribution in [0.25, 0.3) is 0 Å². The number of rotatable bonds is 2. The highest BCUT2D eigenvalue weighted by molar-refractivity contribution is 6.30. The molecular formula is C9H8ClF3N4. The molecule has 4 nitrogen and oxygen atoms in total. The van der Waals surface area contributed by atoms with Gasteiger partial charge in [0.15, 0.2) is 0 Å². The molecule has 92 valence electrons. The van der Waals surface area contributed by atoms with Gasteiger partial charge in [-0.15, -0.1) is 0 Å². The summed E-state index contributed by atoms with van der Waals surface area (Å²) in [4.78, 5) is 7.11. The smallest absolute Gasteiger partial charge is 0.372 e. The Morgan fingerprint density at radius 1 is 1.41 bits per heavy atom. The van der Waals surface area contributed by atoms with E-state index < -0.39 is 16.9 Å². The Hall–Kier alpha value is -1.50. The van der Waals surface area contributed by atoms with Crippen LogP contribution in [0.4, 0.5) is 19.1 Å². The van der Waals surface area contributed by atoms with Gasteiger partial charge < -0.3 is 10.6 Å². The number of alkyl halides is 3. The maximum Gasteiger partial charge on any atom is 0.420 e. The second kappa shape index (κ2) is 4.40. The van der Waals surface area contributed by atoms with Crippen molar-refractivity contribution in [1.29, 1.82) is 0 Å². The predicted octanol–water partition coefficient (Wildman–Crippen LogP) is 2.40. The molecule has 0 unspecified atom stereocenters. The van der Waals surface area contributed by atoms with E-state index in [1.807, 2.05) is 6.08 Å².